The molecule has 30 heavy (non-hydrogen) atoms. The van der Waals surface area contributed by atoms with Crippen LogP contribution in [0.3, 0.4) is 0 Å². The molecule has 0 spiro atoms. The molecule has 0 aliphatic carbocycles. The van der Waals surface area contributed by atoms with Gasteiger partial charge >= 0.3 is 0 Å². The number of benzene rings is 3. The summed E-state index contributed by atoms with van der Waals surface area (Å²) < 4.78 is 13.4. The van der Waals surface area contributed by atoms with Gasteiger partial charge in [-0.1, -0.05) is 48.0 Å². The molecule has 0 N–H and O–H groups in total. The zero-order valence-electron chi connectivity index (χ0n) is 17.4. The summed E-state index contributed by atoms with van der Waals surface area (Å²) in [6.45, 7) is 3.58. The SMILES string of the molecule is COc1ccc(/C=C/c2nc3ccccc3n2CCCOc2ccc(C)cc2)cc1. The number of ether oxygens (including phenoxy) is 2. The normalized spacial score (nSPS) is 11.3. The number of hydrogen-bond acceptors (Lipinski definition) is 3. The number of aromatic nitrogens is 2. The van der Waals surface area contributed by atoms with Crippen molar-refractivity contribution >= 4 is 23.2 Å². The molecular weight excluding hydrogens is 372 g/mol. The van der Waals surface area contributed by atoms with Gasteiger partial charge in [0.2, 0.25) is 0 Å². The maximum Gasteiger partial charge on any atom is 0.133 e. The minimum Gasteiger partial charge on any atom is -0.497 e. The smallest absolute Gasteiger partial charge is 0.133 e. The second kappa shape index (κ2) is 9.31. The lowest BCUT2D eigenvalue weighted by Gasteiger charge is -2.09. The molecule has 1 aromatic heterocycles. The molecule has 152 valence electrons. The molecule has 4 heteroatoms. The first-order valence-corrected chi connectivity index (χ1v) is 10.2. The summed E-state index contributed by atoms with van der Waals surface area (Å²) in [5.74, 6) is 2.71. The summed E-state index contributed by atoms with van der Waals surface area (Å²) in [5.41, 5.74) is 4.49. The van der Waals surface area contributed by atoms with Crippen LogP contribution in [0.15, 0.2) is 72.8 Å². The lowest BCUT2D eigenvalue weighted by Crippen LogP contribution is -2.06. The lowest BCUT2D eigenvalue weighted by molar-refractivity contribution is 0.302. The van der Waals surface area contributed by atoms with Gasteiger partial charge in [-0.3, -0.25) is 0 Å². The van der Waals surface area contributed by atoms with Gasteiger partial charge in [-0.25, -0.2) is 4.98 Å². The molecule has 0 saturated carbocycles. The van der Waals surface area contributed by atoms with Crippen LogP contribution in [0, 0.1) is 6.92 Å². The first kappa shape index (κ1) is 19.8. The van der Waals surface area contributed by atoms with Crippen molar-refractivity contribution in [3.63, 3.8) is 0 Å². The largest absolute Gasteiger partial charge is 0.497 e. The Bertz CT molecular complexity index is 1130. The van der Waals surface area contributed by atoms with Crippen LogP contribution in [0.1, 0.15) is 23.4 Å². The van der Waals surface area contributed by atoms with E-state index in [9.17, 15) is 0 Å². The second-order valence-corrected chi connectivity index (χ2v) is 7.23. The summed E-state index contributed by atoms with van der Waals surface area (Å²) in [6.07, 6.45) is 5.06. The van der Waals surface area contributed by atoms with E-state index in [0.29, 0.717) is 6.61 Å². The van der Waals surface area contributed by atoms with Gasteiger partial charge in [0.1, 0.15) is 17.3 Å². The van der Waals surface area contributed by atoms with Gasteiger partial charge in [0.25, 0.3) is 0 Å². The van der Waals surface area contributed by atoms with Gasteiger partial charge < -0.3 is 14.0 Å². The molecule has 0 unspecified atom stereocenters. The number of aryl methyl sites for hydroxylation is 2. The third kappa shape index (κ3) is 4.71. The van der Waals surface area contributed by atoms with Crippen LogP contribution in [-0.2, 0) is 6.54 Å². The van der Waals surface area contributed by atoms with Crippen LogP contribution in [0.25, 0.3) is 23.2 Å². The molecule has 4 nitrogen and oxygen atoms in total. The van der Waals surface area contributed by atoms with Crippen molar-refractivity contribution in [2.24, 2.45) is 0 Å². The minimum absolute atomic E-state index is 0.664. The number of rotatable bonds is 8. The highest BCUT2D eigenvalue weighted by atomic mass is 16.5. The van der Waals surface area contributed by atoms with Gasteiger partial charge in [0.05, 0.1) is 24.8 Å². The lowest BCUT2D eigenvalue weighted by atomic mass is 10.2. The average molecular weight is 399 g/mol. The van der Waals surface area contributed by atoms with Crippen molar-refractivity contribution in [1.82, 2.24) is 9.55 Å². The molecule has 0 atom stereocenters. The number of para-hydroxylation sites is 2. The van der Waals surface area contributed by atoms with E-state index in [0.717, 1.165) is 46.9 Å². The fraction of sp³-hybridized carbons (Fsp3) is 0.192. The topological polar surface area (TPSA) is 36.3 Å². The van der Waals surface area contributed by atoms with Crippen LogP contribution in [0.2, 0.25) is 0 Å². The zero-order valence-corrected chi connectivity index (χ0v) is 17.4. The predicted octanol–water partition coefficient (Wildman–Crippen LogP) is 5.99. The molecule has 3 aromatic carbocycles. The summed E-state index contributed by atoms with van der Waals surface area (Å²) in [5, 5.41) is 0. The van der Waals surface area contributed by atoms with Gasteiger partial charge in [-0.05, 0) is 61.4 Å². The Morgan fingerprint density at radius 3 is 2.37 bits per heavy atom. The van der Waals surface area contributed by atoms with Crippen LogP contribution < -0.4 is 9.47 Å². The van der Waals surface area contributed by atoms with E-state index in [1.54, 1.807) is 7.11 Å². The summed E-state index contributed by atoms with van der Waals surface area (Å²) in [7, 11) is 1.68. The van der Waals surface area contributed by atoms with Gasteiger partial charge in [0.15, 0.2) is 0 Å². The monoisotopic (exact) mass is 398 g/mol. The Balaban J connectivity index is 1.48. The van der Waals surface area contributed by atoms with Gasteiger partial charge in [0, 0.05) is 6.54 Å². The van der Waals surface area contributed by atoms with Crippen molar-refractivity contribution in [2.45, 2.75) is 19.9 Å². The Kier molecular flexibility index (Phi) is 6.14. The van der Waals surface area contributed by atoms with Gasteiger partial charge in [-0.15, -0.1) is 0 Å². The Morgan fingerprint density at radius 2 is 1.60 bits per heavy atom. The number of nitrogens with zero attached hydrogens (tertiary/aromatic N) is 2. The Hall–Kier alpha value is -3.53. The van der Waals surface area contributed by atoms with Crippen molar-refractivity contribution in [3.8, 4) is 11.5 Å². The first-order valence-electron chi connectivity index (χ1n) is 10.2. The van der Waals surface area contributed by atoms with Crippen molar-refractivity contribution in [2.75, 3.05) is 13.7 Å². The van der Waals surface area contributed by atoms with E-state index in [-0.39, 0.29) is 0 Å². The van der Waals surface area contributed by atoms with Crippen LogP contribution in [-0.4, -0.2) is 23.3 Å². The highest BCUT2D eigenvalue weighted by Crippen LogP contribution is 2.20. The summed E-state index contributed by atoms with van der Waals surface area (Å²) in [6, 6.07) is 24.4. The third-order valence-electron chi connectivity index (χ3n) is 5.04. The molecule has 0 amide bonds. The predicted molar refractivity (Wildman–Crippen MR) is 123 cm³/mol. The molecular formula is C26H26N2O2. The third-order valence-corrected chi connectivity index (χ3v) is 5.04. The number of imidazole rings is 1. The highest BCUT2D eigenvalue weighted by molar-refractivity contribution is 5.79. The minimum atomic E-state index is 0.664. The molecule has 4 aromatic rings. The molecule has 0 radical (unpaired) electrons. The molecule has 1 heterocycles. The van der Waals surface area contributed by atoms with E-state index in [2.05, 4.69) is 54.0 Å². The first-order chi connectivity index (χ1) is 14.7. The Labute approximate surface area is 177 Å². The van der Waals surface area contributed by atoms with E-state index in [1.165, 1.54) is 5.56 Å². The van der Waals surface area contributed by atoms with E-state index >= 15 is 0 Å². The molecule has 0 saturated heterocycles. The van der Waals surface area contributed by atoms with Crippen molar-refractivity contribution in [1.29, 1.82) is 0 Å². The molecule has 0 bridgehead atoms. The molecule has 0 aliphatic rings. The van der Waals surface area contributed by atoms with Crippen molar-refractivity contribution < 1.29 is 9.47 Å². The van der Waals surface area contributed by atoms with Gasteiger partial charge in [-0.2, -0.15) is 0 Å². The summed E-state index contributed by atoms with van der Waals surface area (Å²) in [4.78, 5) is 4.82. The van der Waals surface area contributed by atoms with E-state index in [4.69, 9.17) is 14.5 Å². The van der Waals surface area contributed by atoms with Crippen LogP contribution in [0.4, 0.5) is 0 Å². The second-order valence-electron chi connectivity index (χ2n) is 7.23. The quantitative estimate of drug-likeness (QED) is 0.342. The molecule has 0 aliphatic heterocycles. The molecule has 4 rings (SSSR count). The standard InChI is InChI=1S/C26H26N2O2/c1-20-8-13-23(14-9-20)30-19-5-18-28-25-7-4-3-6-24(25)27-26(28)17-12-21-10-15-22(29-2)16-11-21/h3-4,6-17H,5,18-19H2,1-2H3/b17-12+. The highest BCUT2D eigenvalue weighted by Gasteiger charge is 2.08. The maximum absolute atomic E-state index is 5.90. The number of fused-ring (bicyclic) bond motifs is 1. The molecule has 0 fully saturated rings. The summed E-state index contributed by atoms with van der Waals surface area (Å²) >= 11 is 0. The van der Waals surface area contributed by atoms with Crippen LogP contribution in [0.5, 0.6) is 11.5 Å². The zero-order chi connectivity index (χ0) is 20.8. The average Bonchev–Trinajstić information content (AvgIpc) is 3.14. The Morgan fingerprint density at radius 1 is 0.867 bits per heavy atom. The van der Waals surface area contributed by atoms with E-state index in [1.807, 2.05) is 42.5 Å². The van der Waals surface area contributed by atoms with Crippen LogP contribution >= 0.6 is 0 Å². The van der Waals surface area contributed by atoms with E-state index < -0.39 is 0 Å². The fourth-order valence-corrected chi connectivity index (χ4v) is 3.39. The number of hydrogen-bond donors (Lipinski definition) is 0. The fourth-order valence-electron chi connectivity index (χ4n) is 3.39. The number of methoxy groups -OCH3 is 1. The van der Waals surface area contributed by atoms with Crippen molar-refractivity contribution in [3.05, 3.63) is 89.7 Å². The maximum atomic E-state index is 5.90.